The van der Waals surface area contributed by atoms with Gasteiger partial charge in [0.1, 0.15) is 18.0 Å². The highest BCUT2D eigenvalue weighted by Crippen LogP contribution is 2.30. The lowest BCUT2D eigenvalue weighted by atomic mass is 9.85. The van der Waals surface area contributed by atoms with E-state index in [-0.39, 0.29) is 0 Å². The van der Waals surface area contributed by atoms with E-state index in [9.17, 15) is 0 Å². The van der Waals surface area contributed by atoms with E-state index in [4.69, 9.17) is 0 Å². The average molecular weight is 248 g/mol. The average Bonchev–Trinajstić information content (AvgIpc) is 2.37. The van der Waals surface area contributed by atoms with Crippen molar-refractivity contribution in [3.8, 4) is 0 Å². The summed E-state index contributed by atoms with van der Waals surface area (Å²) in [6, 6.07) is 0. The predicted molar refractivity (Wildman–Crippen MR) is 76.2 cm³/mol. The van der Waals surface area contributed by atoms with Crippen molar-refractivity contribution in [3.05, 3.63) is 11.9 Å². The predicted octanol–water partition coefficient (Wildman–Crippen LogP) is 2.71. The summed E-state index contributed by atoms with van der Waals surface area (Å²) in [6.45, 7) is 6.53. The molecule has 4 heteroatoms. The van der Waals surface area contributed by atoms with E-state index in [0.29, 0.717) is 0 Å². The van der Waals surface area contributed by atoms with E-state index >= 15 is 0 Å². The molecule has 0 aliphatic heterocycles. The number of hydrogen-bond donors (Lipinski definition) is 1. The zero-order valence-electron chi connectivity index (χ0n) is 11.7. The van der Waals surface area contributed by atoms with E-state index in [1.165, 1.54) is 24.8 Å². The summed E-state index contributed by atoms with van der Waals surface area (Å²) < 4.78 is 0. The molecule has 0 radical (unpaired) electrons. The van der Waals surface area contributed by atoms with Crippen LogP contribution in [0, 0.1) is 5.92 Å². The third-order valence-corrected chi connectivity index (χ3v) is 3.90. The van der Waals surface area contributed by atoms with Gasteiger partial charge in [0.2, 0.25) is 0 Å². The Morgan fingerprint density at radius 2 is 2.11 bits per heavy atom. The standard InChI is InChI=1S/C14H24N4/c1-4-12-13(15-3)16-10-17-14(12)18(5-2)9-11-7-6-8-11/h10-11H,4-9H2,1-3H3,(H,15,16,17). The van der Waals surface area contributed by atoms with Gasteiger partial charge in [0.25, 0.3) is 0 Å². The first-order valence-corrected chi connectivity index (χ1v) is 7.06. The molecule has 1 saturated carbocycles. The van der Waals surface area contributed by atoms with E-state index < -0.39 is 0 Å². The molecule has 18 heavy (non-hydrogen) atoms. The lowest BCUT2D eigenvalue weighted by molar-refractivity contribution is 0.318. The van der Waals surface area contributed by atoms with Crippen molar-refractivity contribution in [2.75, 3.05) is 30.4 Å². The first-order valence-electron chi connectivity index (χ1n) is 7.06. The van der Waals surface area contributed by atoms with Crippen LogP contribution in [0.25, 0.3) is 0 Å². The SMILES string of the molecule is CCc1c(NC)ncnc1N(CC)CC1CCC1. The third kappa shape index (κ3) is 2.57. The number of hydrogen-bond acceptors (Lipinski definition) is 4. The molecule has 0 atom stereocenters. The molecule has 1 heterocycles. The van der Waals surface area contributed by atoms with Gasteiger partial charge in [-0.25, -0.2) is 9.97 Å². The van der Waals surface area contributed by atoms with Crippen LogP contribution < -0.4 is 10.2 Å². The highest BCUT2D eigenvalue weighted by Gasteiger charge is 2.22. The Morgan fingerprint density at radius 1 is 1.33 bits per heavy atom. The minimum absolute atomic E-state index is 0.864. The first kappa shape index (κ1) is 13.1. The fourth-order valence-corrected chi connectivity index (χ4v) is 2.57. The molecule has 100 valence electrons. The molecule has 4 nitrogen and oxygen atoms in total. The fraction of sp³-hybridized carbons (Fsp3) is 0.714. The zero-order chi connectivity index (χ0) is 13.0. The Labute approximate surface area is 110 Å². The van der Waals surface area contributed by atoms with Crippen LogP contribution in [-0.4, -0.2) is 30.1 Å². The quantitative estimate of drug-likeness (QED) is 0.840. The smallest absolute Gasteiger partial charge is 0.137 e. The highest BCUT2D eigenvalue weighted by atomic mass is 15.2. The summed E-state index contributed by atoms with van der Waals surface area (Å²) in [4.78, 5) is 11.2. The van der Waals surface area contributed by atoms with Crippen LogP contribution in [0.4, 0.5) is 11.6 Å². The summed E-state index contributed by atoms with van der Waals surface area (Å²) in [5.41, 5.74) is 1.24. The van der Waals surface area contributed by atoms with E-state index in [1.807, 2.05) is 7.05 Å². The highest BCUT2D eigenvalue weighted by molar-refractivity contribution is 5.58. The monoisotopic (exact) mass is 248 g/mol. The Morgan fingerprint density at radius 3 is 2.61 bits per heavy atom. The molecule has 1 aromatic rings. The van der Waals surface area contributed by atoms with Crippen LogP contribution in [0.5, 0.6) is 0 Å². The molecule has 0 aromatic carbocycles. The second kappa shape index (κ2) is 6.03. The maximum Gasteiger partial charge on any atom is 0.137 e. The Kier molecular flexibility index (Phi) is 4.39. The van der Waals surface area contributed by atoms with Gasteiger partial charge in [-0.05, 0) is 32.1 Å². The minimum Gasteiger partial charge on any atom is -0.373 e. The summed E-state index contributed by atoms with van der Waals surface area (Å²) in [7, 11) is 1.92. The van der Waals surface area contributed by atoms with Crippen LogP contribution in [0.1, 0.15) is 38.7 Å². The van der Waals surface area contributed by atoms with Crippen LogP contribution in [0.3, 0.4) is 0 Å². The van der Waals surface area contributed by atoms with Crippen molar-refractivity contribution in [2.45, 2.75) is 39.5 Å². The van der Waals surface area contributed by atoms with Crippen LogP contribution >= 0.6 is 0 Å². The normalized spacial score (nSPS) is 15.3. The molecule has 0 saturated heterocycles. The Hall–Kier alpha value is -1.32. The lowest BCUT2D eigenvalue weighted by Crippen LogP contribution is -2.33. The third-order valence-electron chi connectivity index (χ3n) is 3.90. The molecule has 2 rings (SSSR count). The largest absolute Gasteiger partial charge is 0.373 e. The van der Waals surface area contributed by atoms with Gasteiger partial charge in [-0.3, -0.25) is 0 Å². The Balaban J connectivity index is 2.22. The number of nitrogens with zero attached hydrogens (tertiary/aromatic N) is 3. The fourth-order valence-electron chi connectivity index (χ4n) is 2.57. The van der Waals surface area contributed by atoms with E-state index in [1.54, 1.807) is 6.33 Å². The number of rotatable bonds is 6. The summed E-state index contributed by atoms with van der Waals surface area (Å²) >= 11 is 0. The second-order valence-electron chi connectivity index (χ2n) is 4.96. The van der Waals surface area contributed by atoms with Crippen molar-refractivity contribution in [1.29, 1.82) is 0 Å². The van der Waals surface area contributed by atoms with Gasteiger partial charge in [-0.1, -0.05) is 13.3 Å². The molecule has 1 aliphatic rings. The number of aromatic nitrogens is 2. The van der Waals surface area contributed by atoms with Gasteiger partial charge >= 0.3 is 0 Å². The van der Waals surface area contributed by atoms with Gasteiger partial charge in [0.15, 0.2) is 0 Å². The second-order valence-corrected chi connectivity index (χ2v) is 4.96. The van der Waals surface area contributed by atoms with E-state index in [0.717, 1.165) is 37.1 Å². The van der Waals surface area contributed by atoms with Crippen LogP contribution in [0.15, 0.2) is 6.33 Å². The van der Waals surface area contributed by atoms with Crippen molar-refractivity contribution < 1.29 is 0 Å². The van der Waals surface area contributed by atoms with Gasteiger partial charge in [-0.15, -0.1) is 0 Å². The molecular formula is C14H24N4. The van der Waals surface area contributed by atoms with Crippen LogP contribution in [0.2, 0.25) is 0 Å². The molecule has 0 amide bonds. The lowest BCUT2D eigenvalue weighted by Gasteiger charge is -2.33. The summed E-state index contributed by atoms with van der Waals surface area (Å²) in [5.74, 6) is 2.95. The molecule has 0 spiro atoms. The maximum atomic E-state index is 4.52. The Bertz CT molecular complexity index is 387. The molecule has 0 unspecified atom stereocenters. The topological polar surface area (TPSA) is 41.1 Å². The first-order chi connectivity index (χ1) is 8.80. The van der Waals surface area contributed by atoms with Crippen molar-refractivity contribution in [2.24, 2.45) is 5.92 Å². The minimum atomic E-state index is 0.864. The number of anilines is 2. The molecular weight excluding hydrogens is 224 g/mol. The molecule has 1 fully saturated rings. The van der Waals surface area contributed by atoms with Gasteiger partial charge < -0.3 is 10.2 Å². The van der Waals surface area contributed by atoms with Crippen molar-refractivity contribution in [1.82, 2.24) is 9.97 Å². The maximum absolute atomic E-state index is 4.52. The molecule has 1 N–H and O–H groups in total. The van der Waals surface area contributed by atoms with E-state index in [2.05, 4.69) is 34.0 Å². The zero-order valence-corrected chi connectivity index (χ0v) is 11.7. The molecule has 1 aromatic heterocycles. The number of nitrogens with one attached hydrogen (secondary N) is 1. The van der Waals surface area contributed by atoms with Crippen LogP contribution in [-0.2, 0) is 6.42 Å². The van der Waals surface area contributed by atoms with Crippen molar-refractivity contribution >= 4 is 11.6 Å². The van der Waals surface area contributed by atoms with Gasteiger partial charge in [0.05, 0.1) is 0 Å². The molecule has 1 aliphatic carbocycles. The van der Waals surface area contributed by atoms with Gasteiger partial charge in [-0.2, -0.15) is 0 Å². The summed E-state index contributed by atoms with van der Waals surface area (Å²) in [6.07, 6.45) is 6.79. The van der Waals surface area contributed by atoms with Crippen molar-refractivity contribution in [3.63, 3.8) is 0 Å². The van der Waals surface area contributed by atoms with Gasteiger partial charge in [0, 0.05) is 25.7 Å². The summed E-state index contributed by atoms with van der Waals surface area (Å²) in [5, 5.41) is 3.17. The molecule has 0 bridgehead atoms.